The number of benzene rings is 2. The van der Waals surface area contributed by atoms with E-state index in [1.807, 2.05) is 39.0 Å². The molecule has 0 unspecified atom stereocenters. The van der Waals surface area contributed by atoms with Gasteiger partial charge in [0.25, 0.3) is 5.56 Å². The van der Waals surface area contributed by atoms with Gasteiger partial charge in [-0.25, -0.2) is 4.68 Å². The number of nitrogens with zero attached hydrogens (tertiary/aromatic N) is 2. The average Bonchev–Trinajstić information content (AvgIpc) is 2.82. The maximum absolute atomic E-state index is 12.7. The SMILES string of the molecule is Cc1ccc(-n2[nH]c(C)c(C=Nc3ccc(O)cc3)c2=O)c(C)c1. The highest BCUT2D eigenvalue weighted by Crippen LogP contribution is 2.17. The summed E-state index contributed by atoms with van der Waals surface area (Å²) in [7, 11) is 0. The third kappa shape index (κ3) is 3.01. The van der Waals surface area contributed by atoms with Crippen molar-refractivity contribution in [3.63, 3.8) is 0 Å². The summed E-state index contributed by atoms with van der Waals surface area (Å²) in [6, 6.07) is 12.5. The van der Waals surface area contributed by atoms with E-state index >= 15 is 0 Å². The summed E-state index contributed by atoms with van der Waals surface area (Å²) < 4.78 is 1.54. The molecule has 0 saturated heterocycles. The number of aromatic nitrogens is 2. The monoisotopic (exact) mass is 321 g/mol. The van der Waals surface area contributed by atoms with Gasteiger partial charge in [-0.3, -0.25) is 14.9 Å². The summed E-state index contributed by atoms with van der Waals surface area (Å²) in [5, 5.41) is 12.4. The fraction of sp³-hybridized carbons (Fsp3) is 0.158. The number of hydrogen-bond acceptors (Lipinski definition) is 3. The van der Waals surface area contributed by atoms with Crippen LogP contribution in [0.5, 0.6) is 5.75 Å². The quantitative estimate of drug-likeness (QED) is 0.724. The van der Waals surface area contributed by atoms with Crippen molar-refractivity contribution >= 4 is 11.9 Å². The van der Waals surface area contributed by atoms with Crippen molar-refractivity contribution in [3.8, 4) is 11.4 Å². The van der Waals surface area contributed by atoms with Crippen LogP contribution in [0, 0.1) is 20.8 Å². The van der Waals surface area contributed by atoms with Gasteiger partial charge in [-0.2, -0.15) is 0 Å². The number of aliphatic imine (C=N–C) groups is 1. The van der Waals surface area contributed by atoms with Crippen LogP contribution in [-0.2, 0) is 0 Å². The van der Waals surface area contributed by atoms with Crippen LogP contribution in [-0.4, -0.2) is 21.1 Å². The third-order valence-corrected chi connectivity index (χ3v) is 3.90. The minimum absolute atomic E-state index is 0.137. The van der Waals surface area contributed by atoms with Gasteiger partial charge in [-0.15, -0.1) is 0 Å². The highest BCUT2D eigenvalue weighted by Gasteiger charge is 2.12. The molecule has 0 atom stereocenters. The van der Waals surface area contributed by atoms with E-state index in [0.717, 1.165) is 22.5 Å². The molecule has 0 fully saturated rings. The number of nitrogens with one attached hydrogen (secondary N) is 1. The van der Waals surface area contributed by atoms with Gasteiger partial charge in [0.1, 0.15) is 5.75 Å². The molecular formula is C19H19N3O2. The number of H-pyrrole nitrogens is 1. The third-order valence-electron chi connectivity index (χ3n) is 3.90. The Labute approximate surface area is 139 Å². The van der Waals surface area contributed by atoms with Crippen molar-refractivity contribution in [2.24, 2.45) is 4.99 Å². The lowest BCUT2D eigenvalue weighted by Crippen LogP contribution is -2.18. The predicted molar refractivity (Wildman–Crippen MR) is 96.0 cm³/mol. The summed E-state index contributed by atoms with van der Waals surface area (Å²) in [6.07, 6.45) is 1.56. The fourth-order valence-corrected chi connectivity index (χ4v) is 2.62. The number of aromatic amines is 1. The molecule has 24 heavy (non-hydrogen) atoms. The van der Waals surface area contributed by atoms with Gasteiger partial charge in [0.2, 0.25) is 0 Å². The van der Waals surface area contributed by atoms with Crippen molar-refractivity contribution < 1.29 is 5.11 Å². The largest absolute Gasteiger partial charge is 0.508 e. The summed E-state index contributed by atoms with van der Waals surface area (Å²) in [5.74, 6) is 0.184. The van der Waals surface area contributed by atoms with Crippen LogP contribution < -0.4 is 5.56 Å². The normalized spacial score (nSPS) is 11.3. The molecule has 1 aromatic heterocycles. The first-order valence-corrected chi connectivity index (χ1v) is 7.68. The second-order valence-corrected chi connectivity index (χ2v) is 5.86. The van der Waals surface area contributed by atoms with Crippen LogP contribution in [0.1, 0.15) is 22.4 Å². The molecule has 0 aliphatic heterocycles. The molecule has 2 N–H and O–H groups in total. The Morgan fingerprint density at radius 1 is 1.08 bits per heavy atom. The van der Waals surface area contributed by atoms with Crippen LogP contribution >= 0.6 is 0 Å². The van der Waals surface area contributed by atoms with Crippen molar-refractivity contribution in [2.75, 3.05) is 0 Å². The standard InChI is InChI=1S/C19H19N3O2/c1-12-4-9-18(13(2)10-12)22-19(24)17(14(3)21-22)11-20-15-5-7-16(23)8-6-15/h4-11,21,23H,1-3H3. The van der Waals surface area contributed by atoms with Crippen LogP contribution in [0.3, 0.4) is 0 Å². The summed E-state index contributed by atoms with van der Waals surface area (Å²) in [6.45, 7) is 5.85. The van der Waals surface area contributed by atoms with E-state index in [-0.39, 0.29) is 11.3 Å². The minimum Gasteiger partial charge on any atom is -0.508 e. The first kappa shape index (κ1) is 15.8. The van der Waals surface area contributed by atoms with Crippen molar-refractivity contribution in [2.45, 2.75) is 20.8 Å². The van der Waals surface area contributed by atoms with Crippen molar-refractivity contribution in [1.82, 2.24) is 9.78 Å². The number of phenols is 1. The van der Waals surface area contributed by atoms with Crippen LogP contribution in [0.15, 0.2) is 52.3 Å². The van der Waals surface area contributed by atoms with E-state index in [9.17, 15) is 9.90 Å². The maximum atomic E-state index is 12.7. The van der Waals surface area contributed by atoms with Gasteiger partial charge in [-0.1, -0.05) is 17.7 Å². The van der Waals surface area contributed by atoms with Gasteiger partial charge in [0, 0.05) is 11.9 Å². The molecule has 3 aromatic rings. The first-order chi connectivity index (χ1) is 11.5. The molecule has 0 saturated carbocycles. The Morgan fingerprint density at radius 2 is 1.79 bits per heavy atom. The molecule has 1 heterocycles. The Kier molecular flexibility index (Phi) is 4.08. The van der Waals surface area contributed by atoms with Crippen LogP contribution in [0.25, 0.3) is 5.69 Å². The second-order valence-electron chi connectivity index (χ2n) is 5.86. The number of aromatic hydroxyl groups is 1. The Bertz CT molecular complexity index is 963. The van der Waals surface area contributed by atoms with E-state index < -0.39 is 0 Å². The number of hydrogen-bond donors (Lipinski definition) is 2. The average molecular weight is 321 g/mol. The highest BCUT2D eigenvalue weighted by molar-refractivity contribution is 5.83. The summed E-state index contributed by atoms with van der Waals surface area (Å²) in [4.78, 5) is 17.0. The molecule has 2 aromatic carbocycles. The fourth-order valence-electron chi connectivity index (χ4n) is 2.62. The molecule has 0 bridgehead atoms. The van der Waals surface area contributed by atoms with E-state index in [1.54, 1.807) is 35.2 Å². The predicted octanol–water partition coefficient (Wildman–Crippen LogP) is 3.55. The molecule has 0 spiro atoms. The van der Waals surface area contributed by atoms with Gasteiger partial charge in [0.05, 0.1) is 16.9 Å². The Morgan fingerprint density at radius 3 is 2.46 bits per heavy atom. The molecule has 0 amide bonds. The molecule has 3 rings (SSSR count). The van der Waals surface area contributed by atoms with E-state index in [4.69, 9.17) is 0 Å². The Balaban J connectivity index is 2.00. The number of aryl methyl sites for hydroxylation is 3. The topological polar surface area (TPSA) is 70.4 Å². The molecule has 0 aliphatic rings. The van der Waals surface area contributed by atoms with Crippen molar-refractivity contribution in [1.29, 1.82) is 0 Å². The van der Waals surface area contributed by atoms with Gasteiger partial charge >= 0.3 is 0 Å². The lowest BCUT2D eigenvalue weighted by molar-refractivity contribution is 0.475. The first-order valence-electron chi connectivity index (χ1n) is 7.68. The number of phenolic OH excluding ortho intramolecular Hbond substituents is 1. The highest BCUT2D eigenvalue weighted by atomic mass is 16.3. The second kappa shape index (κ2) is 6.20. The maximum Gasteiger partial charge on any atom is 0.280 e. The van der Waals surface area contributed by atoms with Gasteiger partial charge in [-0.05, 0) is 56.7 Å². The lowest BCUT2D eigenvalue weighted by Gasteiger charge is -2.06. The summed E-state index contributed by atoms with van der Waals surface area (Å²) in [5.41, 5.74) is 4.82. The van der Waals surface area contributed by atoms with Gasteiger partial charge < -0.3 is 5.11 Å². The van der Waals surface area contributed by atoms with E-state index in [0.29, 0.717) is 11.3 Å². The van der Waals surface area contributed by atoms with Crippen molar-refractivity contribution in [3.05, 3.63) is 75.2 Å². The lowest BCUT2D eigenvalue weighted by atomic mass is 10.1. The van der Waals surface area contributed by atoms with E-state index in [1.165, 1.54) is 0 Å². The molecule has 122 valence electrons. The van der Waals surface area contributed by atoms with Crippen LogP contribution in [0.4, 0.5) is 5.69 Å². The zero-order chi connectivity index (χ0) is 17.3. The minimum atomic E-state index is -0.137. The zero-order valence-corrected chi connectivity index (χ0v) is 13.9. The molecule has 5 nitrogen and oxygen atoms in total. The molecule has 5 heteroatoms. The summed E-state index contributed by atoms with van der Waals surface area (Å²) >= 11 is 0. The van der Waals surface area contributed by atoms with Crippen LogP contribution in [0.2, 0.25) is 0 Å². The molecule has 0 radical (unpaired) electrons. The molecule has 0 aliphatic carbocycles. The zero-order valence-electron chi connectivity index (χ0n) is 13.9. The smallest absolute Gasteiger partial charge is 0.280 e. The van der Waals surface area contributed by atoms with Gasteiger partial charge in [0.15, 0.2) is 0 Å². The number of rotatable bonds is 3. The van der Waals surface area contributed by atoms with E-state index in [2.05, 4.69) is 10.1 Å². The molecular weight excluding hydrogens is 302 g/mol. The Hall–Kier alpha value is -3.08.